The van der Waals surface area contributed by atoms with Gasteiger partial charge in [0, 0.05) is 0 Å². The topological polar surface area (TPSA) is 61.8 Å². The van der Waals surface area contributed by atoms with Crippen LogP contribution in [0.15, 0.2) is 29.2 Å². The summed E-state index contributed by atoms with van der Waals surface area (Å²) in [5.74, 6) is 0. The molecule has 5 nitrogen and oxygen atoms in total. The van der Waals surface area contributed by atoms with Gasteiger partial charge in [-0.1, -0.05) is 17.7 Å². The third-order valence-electron chi connectivity index (χ3n) is 2.60. The number of hydrogen-bond acceptors (Lipinski definition) is 5. The zero-order valence-corrected chi connectivity index (χ0v) is 11.0. The molecule has 1 aromatic carbocycles. The summed E-state index contributed by atoms with van der Waals surface area (Å²) in [6.07, 6.45) is -0.320. The van der Waals surface area contributed by atoms with Gasteiger partial charge >= 0.3 is 0 Å². The maximum Gasteiger partial charge on any atom is 0.297 e. The highest BCUT2D eigenvalue weighted by molar-refractivity contribution is 7.86. The van der Waals surface area contributed by atoms with Crippen molar-refractivity contribution in [3.05, 3.63) is 29.8 Å². The highest BCUT2D eigenvalue weighted by Gasteiger charge is 2.20. The highest BCUT2D eigenvalue weighted by atomic mass is 32.2. The van der Waals surface area contributed by atoms with E-state index in [9.17, 15) is 8.42 Å². The third-order valence-corrected chi connectivity index (χ3v) is 3.90. The fourth-order valence-electron chi connectivity index (χ4n) is 1.57. The van der Waals surface area contributed by atoms with E-state index in [0.717, 1.165) is 5.56 Å². The molecule has 0 radical (unpaired) electrons. The Bertz CT molecular complexity index is 474. The van der Waals surface area contributed by atoms with Crippen LogP contribution in [-0.2, 0) is 23.8 Å². The summed E-state index contributed by atoms with van der Waals surface area (Å²) in [7, 11) is -3.71. The lowest BCUT2D eigenvalue weighted by Crippen LogP contribution is -2.33. The Hall–Kier alpha value is -0.950. The maximum absolute atomic E-state index is 11.9. The molecule has 1 fully saturated rings. The minimum absolute atomic E-state index is 0.0176. The maximum atomic E-state index is 11.9. The Kier molecular flexibility index (Phi) is 4.34. The zero-order chi connectivity index (χ0) is 13.0. The molecule has 1 atom stereocenters. The Morgan fingerprint density at radius 2 is 2.00 bits per heavy atom. The van der Waals surface area contributed by atoms with E-state index in [2.05, 4.69) is 0 Å². The molecule has 0 bridgehead atoms. The van der Waals surface area contributed by atoms with Crippen LogP contribution >= 0.6 is 0 Å². The molecule has 0 aromatic heterocycles. The van der Waals surface area contributed by atoms with Crippen molar-refractivity contribution in [2.45, 2.75) is 17.9 Å². The van der Waals surface area contributed by atoms with Gasteiger partial charge in [-0.2, -0.15) is 8.42 Å². The van der Waals surface area contributed by atoms with Crippen LogP contribution in [-0.4, -0.2) is 40.9 Å². The quantitative estimate of drug-likeness (QED) is 0.769. The predicted octanol–water partition coefficient (Wildman–Crippen LogP) is 1.12. The Labute approximate surface area is 107 Å². The van der Waals surface area contributed by atoms with Crippen LogP contribution < -0.4 is 0 Å². The van der Waals surface area contributed by atoms with Crippen LogP contribution in [0.4, 0.5) is 0 Å². The monoisotopic (exact) mass is 272 g/mol. The van der Waals surface area contributed by atoms with Crippen molar-refractivity contribution in [3.63, 3.8) is 0 Å². The smallest absolute Gasteiger partial charge is 0.297 e. The molecular weight excluding hydrogens is 256 g/mol. The summed E-state index contributed by atoms with van der Waals surface area (Å²) in [4.78, 5) is 0.157. The Balaban J connectivity index is 1.96. The largest absolute Gasteiger partial charge is 0.376 e. The summed E-state index contributed by atoms with van der Waals surface area (Å²) < 4.78 is 39.2. The molecule has 0 saturated carbocycles. The van der Waals surface area contributed by atoms with Crippen LogP contribution in [0.1, 0.15) is 5.56 Å². The first-order chi connectivity index (χ1) is 8.58. The molecule has 18 heavy (non-hydrogen) atoms. The van der Waals surface area contributed by atoms with Crippen LogP contribution in [0.5, 0.6) is 0 Å². The van der Waals surface area contributed by atoms with E-state index < -0.39 is 10.1 Å². The van der Waals surface area contributed by atoms with E-state index in [1.165, 1.54) is 12.1 Å². The fourth-order valence-corrected chi connectivity index (χ4v) is 2.51. The van der Waals surface area contributed by atoms with Crippen LogP contribution in [0.2, 0.25) is 0 Å². The molecule has 0 amide bonds. The van der Waals surface area contributed by atoms with Gasteiger partial charge in [-0.15, -0.1) is 0 Å². The molecule has 2 rings (SSSR count). The lowest BCUT2D eigenvalue weighted by molar-refractivity contribution is -0.101. The van der Waals surface area contributed by atoms with Gasteiger partial charge < -0.3 is 9.47 Å². The molecule has 100 valence electrons. The lowest BCUT2D eigenvalue weighted by Gasteiger charge is -2.22. The summed E-state index contributed by atoms with van der Waals surface area (Å²) in [6.45, 7) is 3.25. The number of aryl methyl sites for hydroxylation is 1. The average Bonchev–Trinajstić information content (AvgIpc) is 2.38. The first kappa shape index (κ1) is 13.5. The lowest BCUT2D eigenvalue weighted by atomic mass is 10.2. The Morgan fingerprint density at radius 1 is 1.28 bits per heavy atom. The van der Waals surface area contributed by atoms with E-state index in [1.807, 2.05) is 6.92 Å². The van der Waals surface area contributed by atoms with E-state index in [0.29, 0.717) is 19.8 Å². The SMILES string of the molecule is Cc1ccc(S(=O)(=O)OC[C@H]2COCCO2)cc1. The molecule has 1 aliphatic rings. The van der Waals surface area contributed by atoms with Gasteiger partial charge in [0.2, 0.25) is 0 Å². The second-order valence-corrected chi connectivity index (χ2v) is 5.73. The van der Waals surface area contributed by atoms with Crippen molar-refractivity contribution in [2.75, 3.05) is 26.4 Å². The van der Waals surface area contributed by atoms with Gasteiger partial charge in [0.25, 0.3) is 10.1 Å². The van der Waals surface area contributed by atoms with E-state index >= 15 is 0 Å². The van der Waals surface area contributed by atoms with Crippen molar-refractivity contribution in [2.24, 2.45) is 0 Å². The van der Waals surface area contributed by atoms with Crippen molar-refractivity contribution >= 4 is 10.1 Å². The predicted molar refractivity (Wildman–Crippen MR) is 64.9 cm³/mol. The van der Waals surface area contributed by atoms with Crippen molar-refractivity contribution in [1.29, 1.82) is 0 Å². The Morgan fingerprint density at radius 3 is 2.61 bits per heavy atom. The average molecular weight is 272 g/mol. The van der Waals surface area contributed by atoms with E-state index in [1.54, 1.807) is 12.1 Å². The summed E-state index contributed by atoms with van der Waals surface area (Å²) in [6, 6.07) is 6.53. The van der Waals surface area contributed by atoms with E-state index in [-0.39, 0.29) is 17.6 Å². The van der Waals surface area contributed by atoms with Gasteiger partial charge in [-0.05, 0) is 19.1 Å². The van der Waals surface area contributed by atoms with Crippen LogP contribution in [0, 0.1) is 6.92 Å². The normalized spacial score (nSPS) is 20.8. The molecule has 1 aliphatic heterocycles. The first-order valence-corrected chi connectivity index (χ1v) is 7.14. The minimum Gasteiger partial charge on any atom is -0.376 e. The zero-order valence-electron chi connectivity index (χ0n) is 10.2. The molecule has 6 heteroatoms. The third kappa shape index (κ3) is 3.52. The number of hydrogen-bond donors (Lipinski definition) is 0. The van der Waals surface area contributed by atoms with Gasteiger partial charge in [-0.25, -0.2) is 0 Å². The first-order valence-electron chi connectivity index (χ1n) is 5.73. The van der Waals surface area contributed by atoms with Gasteiger partial charge in [0.05, 0.1) is 31.3 Å². The van der Waals surface area contributed by atoms with Crippen molar-refractivity contribution in [3.8, 4) is 0 Å². The second-order valence-electron chi connectivity index (χ2n) is 4.12. The van der Waals surface area contributed by atoms with Gasteiger partial charge in [0.15, 0.2) is 0 Å². The summed E-state index contributed by atoms with van der Waals surface area (Å²) in [5, 5.41) is 0. The highest BCUT2D eigenvalue weighted by Crippen LogP contribution is 2.14. The van der Waals surface area contributed by atoms with Gasteiger partial charge in [0.1, 0.15) is 6.10 Å². The molecule has 0 spiro atoms. The molecule has 0 unspecified atom stereocenters. The molecule has 0 N–H and O–H groups in total. The summed E-state index contributed by atoms with van der Waals surface area (Å²) >= 11 is 0. The molecule has 0 aliphatic carbocycles. The van der Waals surface area contributed by atoms with Crippen LogP contribution in [0.3, 0.4) is 0 Å². The number of benzene rings is 1. The fraction of sp³-hybridized carbons (Fsp3) is 0.500. The molecule has 1 aromatic rings. The molecule has 1 heterocycles. The van der Waals surface area contributed by atoms with Crippen LogP contribution in [0.25, 0.3) is 0 Å². The molecular formula is C12H16O5S. The second kappa shape index (κ2) is 5.79. The number of ether oxygens (including phenoxy) is 2. The van der Waals surface area contributed by atoms with Crippen molar-refractivity contribution < 1.29 is 22.1 Å². The number of rotatable bonds is 4. The van der Waals surface area contributed by atoms with Gasteiger partial charge in [-0.3, -0.25) is 4.18 Å². The standard InChI is InChI=1S/C12H16O5S/c1-10-2-4-12(5-3-10)18(13,14)17-9-11-8-15-6-7-16-11/h2-5,11H,6-9H2,1H3/t11-/m1/s1. The van der Waals surface area contributed by atoms with E-state index in [4.69, 9.17) is 13.7 Å². The molecule has 1 saturated heterocycles. The van der Waals surface area contributed by atoms with Crippen molar-refractivity contribution in [1.82, 2.24) is 0 Å². The summed E-state index contributed by atoms with van der Waals surface area (Å²) in [5.41, 5.74) is 0.998. The minimum atomic E-state index is -3.71.